The largest absolute Gasteiger partial charge is 1.00 e. The molecule has 1 aliphatic heterocycles. The average molecular weight is 455 g/mol. The number of benzene rings is 2. The van der Waals surface area contributed by atoms with Crippen LogP contribution in [0.2, 0.25) is 0 Å². The SMILES string of the molecule is CCOc1ccc(C(=O)C(C)[n+]2cc(-c3ccc(C)cc3)n3c2CCC3)cc1.[Br-]. The van der Waals surface area contributed by atoms with Crippen molar-refractivity contribution in [1.29, 1.82) is 0 Å². The molecule has 4 rings (SSSR count). The summed E-state index contributed by atoms with van der Waals surface area (Å²) in [5.74, 6) is 2.16. The van der Waals surface area contributed by atoms with Crippen LogP contribution in [0.5, 0.6) is 5.75 Å². The number of fused-ring (bicyclic) bond motifs is 1. The smallest absolute Gasteiger partial charge is 0.257 e. The van der Waals surface area contributed by atoms with Gasteiger partial charge in [0.2, 0.25) is 5.78 Å². The second-order valence-corrected chi connectivity index (χ2v) is 7.46. The number of aromatic nitrogens is 2. The first-order valence-corrected chi connectivity index (χ1v) is 10.1. The molecule has 5 heteroatoms. The van der Waals surface area contributed by atoms with Crippen molar-refractivity contribution in [2.45, 2.75) is 46.2 Å². The van der Waals surface area contributed by atoms with Crippen LogP contribution in [0, 0.1) is 6.92 Å². The van der Waals surface area contributed by atoms with Gasteiger partial charge in [0.25, 0.3) is 5.82 Å². The van der Waals surface area contributed by atoms with Crippen LogP contribution in [-0.2, 0) is 13.0 Å². The topological polar surface area (TPSA) is 35.1 Å². The Bertz CT molecular complexity index is 991. The van der Waals surface area contributed by atoms with Gasteiger partial charge >= 0.3 is 0 Å². The van der Waals surface area contributed by atoms with Gasteiger partial charge < -0.3 is 21.7 Å². The molecule has 0 N–H and O–H groups in total. The normalized spacial score (nSPS) is 13.5. The summed E-state index contributed by atoms with van der Waals surface area (Å²) in [4.78, 5) is 13.1. The number of ether oxygens (including phenoxy) is 1. The number of hydrogen-bond donors (Lipinski definition) is 0. The lowest BCUT2D eigenvalue weighted by Crippen LogP contribution is -3.00. The summed E-state index contributed by atoms with van der Waals surface area (Å²) in [5.41, 5.74) is 4.37. The molecule has 2 heterocycles. The van der Waals surface area contributed by atoms with Gasteiger partial charge in [-0.2, -0.15) is 0 Å². The lowest BCUT2D eigenvalue weighted by atomic mass is 10.0. The molecule has 0 spiro atoms. The van der Waals surface area contributed by atoms with Crippen LogP contribution in [0.25, 0.3) is 11.3 Å². The van der Waals surface area contributed by atoms with Crippen LogP contribution in [0.4, 0.5) is 0 Å². The van der Waals surface area contributed by atoms with E-state index in [9.17, 15) is 4.79 Å². The third-order valence-electron chi connectivity index (χ3n) is 5.54. The molecule has 1 unspecified atom stereocenters. The van der Waals surface area contributed by atoms with Crippen molar-refractivity contribution in [1.82, 2.24) is 4.57 Å². The van der Waals surface area contributed by atoms with Crippen molar-refractivity contribution < 1.29 is 31.1 Å². The van der Waals surface area contributed by atoms with Crippen LogP contribution in [0.3, 0.4) is 0 Å². The minimum absolute atomic E-state index is 0. The van der Waals surface area contributed by atoms with Crippen LogP contribution >= 0.6 is 0 Å². The maximum Gasteiger partial charge on any atom is 0.257 e. The number of carbonyl (C=O) groups excluding carboxylic acids is 1. The van der Waals surface area contributed by atoms with E-state index in [1.54, 1.807) is 0 Å². The van der Waals surface area contributed by atoms with Gasteiger partial charge in [0, 0.05) is 11.1 Å². The summed E-state index contributed by atoms with van der Waals surface area (Å²) in [6.45, 7) is 7.69. The second-order valence-electron chi connectivity index (χ2n) is 7.46. The average Bonchev–Trinajstić information content (AvgIpc) is 3.31. The van der Waals surface area contributed by atoms with Crippen LogP contribution in [0.15, 0.2) is 54.7 Å². The predicted octanol–water partition coefficient (Wildman–Crippen LogP) is 1.54. The molecule has 29 heavy (non-hydrogen) atoms. The maximum absolute atomic E-state index is 13.1. The van der Waals surface area contributed by atoms with E-state index >= 15 is 0 Å². The Morgan fingerprint density at radius 3 is 2.48 bits per heavy atom. The standard InChI is InChI=1S/C24H27N2O2.BrH/c1-4-28-21-13-11-20(12-14-21)24(27)18(3)26-16-22(25-15-5-6-23(25)26)19-9-7-17(2)8-10-19;/h7-14,16,18H,4-6,15H2,1-3H3;1H/q+1;/p-1. The molecule has 2 aromatic carbocycles. The van der Waals surface area contributed by atoms with Crippen molar-refractivity contribution in [3.8, 4) is 17.0 Å². The number of rotatable bonds is 6. The van der Waals surface area contributed by atoms with Crippen LogP contribution < -0.4 is 26.3 Å². The van der Waals surface area contributed by atoms with Crippen molar-refractivity contribution in [2.24, 2.45) is 0 Å². The van der Waals surface area contributed by atoms with Gasteiger partial charge in [0.05, 0.1) is 19.6 Å². The van der Waals surface area contributed by atoms with Crippen molar-refractivity contribution >= 4 is 5.78 Å². The van der Waals surface area contributed by atoms with E-state index in [1.165, 1.54) is 22.6 Å². The number of nitrogens with zero attached hydrogens (tertiary/aromatic N) is 2. The molecule has 0 saturated heterocycles. The Morgan fingerprint density at radius 2 is 1.83 bits per heavy atom. The minimum Gasteiger partial charge on any atom is -1.00 e. The van der Waals surface area contributed by atoms with Gasteiger partial charge in [-0.3, -0.25) is 4.79 Å². The molecule has 0 saturated carbocycles. The van der Waals surface area contributed by atoms with Gasteiger partial charge in [-0.15, -0.1) is 0 Å². The molecule has 1 aromatic heterocycles. The Morgan fingerprint density at radius 1 is 1.14 bits per heavy atom. The summed E-state index contributed by atoms with van der Waals surface area (Å²) in [5, 5.41) is 0. The van der Waals surface area contributed by atoms with Crippen LogP contribution in [-0.4, -0.2) is 17.0 Å². The molecule has 1 atom stereocenters. The summed E-state index contributed by atoms with van der Waals surface area (Å²) in [7, 11) is 0. The first kappa shape index (κ1) is 21.3. The molecular weight excluding hydrogens is 428 g/mol. The quantitative estimate of drug-likeness (QED) is 0.418. The number of carbonyl (C=O) groups is 1. The molecule has 4 nitrogen and oxygen atoms in total. The second kappa shape index (κ2) is 8.95. The molecule has 3 aromatic rings. The number of halogens is 1. The Kier molecular flexibility index (Phi) is 6.58. The molecule has 0 amide bonds. The highest BCUT2D eigenvalue weighted by atomic mass is 79.9. The van der Waals surface area contributed by atoms with E-state index < -0.39 is 0 Å². The number of hydrogen-bond acceptors (Lipinski definition) is 2. The van der Waals surface area contributed by atoms with Gasteiger partial charge in [0.15, 0.2) is 11.7 Å². The van der Waals surface area contributed by atoms with E-state index in [4.69, 9.17) is 4.74 Å². The molecule has 1 aliphatic rings. The monoisotopic (exact) mass is 454 g/mol. The number of imidazole rings is 1. The van der Waals surface area contributed by atoms with E-state index in [1.807, 2.05) is 38.1 Å². The van der Waals surface area contributed by atoms with E-state index in [2.05, 4.69) is 46.5 Å². The van der Waals surface area contributed by atoms with Gasteiger partial charge in [-0.25, -0.2) is 9.13 Å². The summed E-state index contributed by atoms with van der Waals surface area (Å²) < 4.78 is 10.0. The first-order valence-electron chi connectivity index (χ1n) is 10.1. The molecule has 0 aliphatic carbocycles. The predicted molar refractivity (Wildman–Crippen MR) is 110 cm³/mol. The zero-order chi connectivity index (χ0) is 19.7. The third kappa shape index (κ3) is 4.15. The number of Topliss-reactive ketones (excluding diaryl/α,β-unsaturated/α-hetero) is 1. The zero-order valence-corrected chi connectivity index (χ0v) is 18.8. The lowest BCUT2D eigenvalue weighted by molar-refractivity contribution is -0.710. The van der Waals surface area contributed by atoms with E-state index in [0.29, 0.717) is 6.61 Å². The minimum atomic E-state index is -0.239. The highest BCUT2D eigenvalue weighted by molar-refractivity contribution is 5.97. The zero-order valence-electron chi connectivity index (χ0n) is 17.2. The number of ketones is 1. The van der Waals surface area contributed by atoms with Gasteiger partial charge in [0.1, 0.15) is 11.9 Å². The third-order valence-corrected chi connectivity index (χ3v) is 5.54. The van der Waals surface area contributed by atoms with Crippen LogP contribution in [0.1, 0.15) is 48.1 Å². The summed E-state index contributed by atoms with van der Waals surface area (Å²) in [6.07, 6.45) is 4.28. The highest BCUT2D eigenvalue weighted by Gasteiger charge is 2.33. The van der Waals surface area contributed by atoms with Crippen molar-refractivity contribution in [2.75, 3.05) is 6.61 Å². The summed E-state index contributed by atoms with van der Waals surface area (Å²) >= 11 is 0. The van der Waals surface area contributed by atoms with Gasteiger partial charge in [-0.05, 0) is 51.5 Å². The Balaban J connectivity index is 0.00000240. The Labute approximate surface area is 182 Å². The highest BCUT2D eigenvalue weighted by Crippen LogP contribution is 2.26. The summed E-state index contributed by atoms with van der Waals surface area (Å²) in [6, 6.07) is 15.8. The van der Waals surface area contributed by atoms with E-state index in [-0.39, 0.29) is 28.8 Å². The van der Waals surface area contributed by atoms with Crippen molar-refractivity contribution in [3.63, 3.8) is 0 Å². The molecule has 0 fully saturated rings. The fourth-order valence-corrected chi connectivity index (χ4v) is 4.00. The lowest BCUT2D eigenvalue weighted by Gasteiger charge is -2.10. The Hall–Kier alpha value is -2.40. The van der Waals surface area contributed by atoms with E-state index in [0.717, 1.165) is 30.7 Å². The number of aryl methyl sites for hydroxylation is 1. The molecule has 0 radical (unpaired) electrons. The fraction of sp³-hybridized carbons (Fsp3) is 0.333. The molecular formula is C24H27BrN2O2. The molecule has 0 bridgehead atoms. The first-order chi connectivity index (χ1) is 13.6. The van der Waals surface area contributed by atoms with Gasteiger partial charge in [-0.1, -0.05) is 29.8 Å². The van der Waals surface area contributed by atoms with Crippen molar-refractivity contribution in [3.05, 3.63) is 71.7 Å². The maximum atomic E-state index is 13.1. The fourth-order valence-electron chi connectivity index (χ4n) is 4.00. The molecule has 152 valence electrons.